The summed E-state index contributed by atoms with van der Waals surface area (Å²) in [5.74, 6) is 1.48. The Morgan fingerprint density at radius 1 is 1.03 bits per heavy atom. The van der Waals surface area contributed by atoms with Crippen molar-refractivity contribution in [2.45, 2.75) is 58.4 Å². The average molecular weight is 448 g/mol. The minimum atomic E-state index is 0.0493. The fraction of sp³-hybridized carbons (Fsp3) is 0.407. The molecule has 2 atom stereocenters. The first-order chi connectivity index (χ1) is 16.1. The molecule has 1 aliphatic rings. The Kier molecular flexibility index (Phi) is 7.92. The molecule has 0 saturated carbocycles. The van der Waals surface area contributed by atoms with Gasteiger partial charge in [0.1, 0.15) is 0 Å². The highest BCUT2D eigenvalue weighted by atomic mass is 16.5. The van der Waals surface area contributed by atoms with Gasteiger partial charge in [-0.1, -0.05) is 54.6 Å². The highest BCUT2D eigenvalue weighted by molar-refractivity contribution is 5.75. The first-order valence-electron chi connectivity index (χ1n) is 11.8. The van der Waals surface area contributed by atoms with Gasteiger partial charge in [0.2, 0.25) is 5.91 Å². The number of ether oxygens (including phenoxy) is 1. The minimum Gasteiger partial charge on any atom is -0.441 e. The summed E-state index contributed by atoms with van der Waals surface area (Å²) >= 11 is 0. The van der Waals surface area contributed by atoms with Crippen LogP contribution in [0.2, 0.25) is 0 Å². The van der Waals surface area contributed by atoms with Crippen LogP contribution in [0.5, 0.6) is 0 Å². The van der Waals surface area contributed by atoms with Crippen LogP contribution in [0, 0.1) is 0 Å². The van der Waals surface area contributed by atoms with Crippen molar-refractivity contribution in [3.05, 3.63) is 77.8 Å². The van der Waals surface area contributed by atoms with Gasteiger partial charge in [-0.3, -0.25) is 9.69 Å². The Morgan fingerprint density at radius 3 is 2.48 bits per heavy atom. The highest BCUT2D eigenvalue weighted by Gasteiger charge is 2.22. The van der Waals surface area contributed by atoms with Crippen LogP contribution in [0.25, 0.3) is 11.3 Å². The second kappa shape index (κ2) is 11.3. The monoisotopic (exact) mass is 447 g/mol. The van der Waals surface area contributed by atoms with Crippen molar-refractivity contribution in [3.8, 4) is 11.3 Å². The van der Waals surface area contributed by atoms with Gasteiger partial charge in [0.15, 0.2) is 11.7 Å². The smallest absolute Gasteiger partial charge is 0.220 e. The number of oxazole rings is 1. The molecule has 4 rings (SSSR count). The van der Waals surface area contributed by atoms with Crippen molar-refractivity contribution in [2.24, 2.45) is 0 Å². The molecule has 6 nitrogen and oxygen atoms in total. The quantitative estimate of drug-likeness (QED) is 0.520. The molecule has 1 aliphatic heterocycles. The number of aromatic nitrogens is 1. The molecule has 3 aromatic rings. The summed E-state index contributed by atoms with van der Waals surface area (Å²) < 4.78 is 11.7. The van der Waals surface area contributed by atoms with Crippen LogP contribution in [0.3, 0.4) is 0 Å². The van der Waals surface area contributed by atoms with Crippen molar-refractivity contribution in [3.63, 3.8) is 0 Å². The predicted molar refractivity (Wildman–Crippen MR) is 128 cm³/mol. The molecular weight excluding hydrogens is 414 g/mol. The largest absolute Gasteiger partial charge is 0.441 e. The lowest BCUT2D eigenvalue weighted by Gasteiger charge is -2.35. The van der Waals surface area contributed by atoms with Gasteiger partial charge in [0.25, 0.3) is 0 Å². The SMILES string of the molecule is CC1CN(Cc2ccccc2CNC(=O)CCCc2ncc(-c3ccccc3)o2)CC(C)O1. The molecule has 6 heteroatoms. The average Bonchev–Trinajstić information content (AvgIpc) is 3.27. The summed E-state index contributed by atoms with van der Waals surface area (Å²) in [5, 5.41) is 3.08. The van der Waals surface area contributed by atoms with Crippen LogP contribution in [-0.2, 0) is 29.0 Å². The summed E-state index contributed by atoms with van der Waals surface area (Å²) in [4.78, 5) is 19.2. The first-order valence-corrected chi connectivity index (χ1v) is 11.8. The van der Waals surface area contributed by atoms with Crippen LogP contribution in [0.15, 0.2) is 65.2 Å². The van der Waals surface area contributed by atoms with Gasteiger partial charge < -0.3 is 14.5 Å². The maximum absolute atomic E-state index is 12.4. The zero-order valence-corrected chi connectivity index (χ0v) is 19.5. The molecule has 2 aromatic carbocycles. The predicted octanol–water partition coefficient (Wildman–Crippen LogP) is 4.59. The number of benzene rings is 2. The van der Waals surface area contributed by atoms with Crippen LogP contribution in [0.1, 0.15) is 43.7 Å². The van der Waals surface area contributed by atoms with Crippen LogP contribution < -0.4 is 5.32 Å². The Balaban J connectivity index is 1.23. The number of aryl methyl sites for hydroxylation is 1. The zero-order chi connectivity index (χ0) is 23.0. The second-order valence-corrected chi connectivity index (χ2v) is 8.83. The van der Waals surface area contributed by atoms with Gasteiger partial charge in [-0.15, -0.1) is 0 Å². The van der Waals surface area contributed by atoms with Crippen molar-refractivity contribution in [1.29, 1.82) is 0 Å². The van der Waals surface area contributed by atoms with E-state index in [2.05, 4.69) is 47.2 Å². The molecule has 1 fully saturated rings. The molecule has 0 bridgehead atoms. The van der Waals surface area contributed by atoms with E-state index in [0.29, 0.717) is 31.7 Å². The molecular formula is C27H33N3O3. The summed E-state index contributed by atoms with van der Waals surface area (Å²) in [6, 6.07) is 18.3. The Morgan fingerprint density at radius 2 is 1.73 bits per heavy atom. The van der Waals surface area contributed by atoms with E-state index in [-0.39, 0.29) is 18.1 Å². The highest BCUT2D eigenvalue weighted by Crippen LogP contribution is 2.21. The van der Waals surface area contributed by atoms with Crippen LogP contribution >= 0.6 is 0 Å². The van der Waals surface area contributed by atoms with Crippen LogP contribution in [-0.4, -0.2) is 41.1 Å². The lowest BCUT2D eigenvalue weighted by Crippen LogP contribution is -2.45. The lowest BCUT2D eigenvalue weighted by molar-refractivity contribution is -0.121. The van der Waals surface area contributed by atoms with Crippen molar-refractivity contribution < 1.29 is 13.9 Å². The molecule has 0 radical (unpaired) electrons. The summed E-state index contributed by atoms with van der Waals surface area (Å²) in [5.41, 5.74) is 3.43. The second-order valence-electron chi connectivity index (χ2n) is 8.83. The number of hydrogen-bond donors (Lipinski definition) is 1. The normalized spacial score (nSPS) is 18.8. The van der Waals surface area contributed by atoms with E-state index in [1.807, 2.05) is 36.4 Å². The van der Waals surface area contributed by atoms with E-state index in [0.717, 1.165) is 36.5 Å². The fourth-order valence-corrected chi connectivity index (χ4v) is 4.38. The van der Waals surface area contributed by atoms with Gasteiger partial charge in [-0.05, 0) is 31.4 Å². The molecule has 1 saturated heterocycles. The number of hydrogen-bond acceptors (Lipinski definition) is 5. The van der Waals surface area contributed by atoms with Gasteiger partial charge in [-0.2, -0.15) is 0 Å². The van der Waals surface area contributed by atoms with E-state index in [1.165, 1.54) is 5.56 Å². The number of carbonyl (C=O) groups is 1. The fourth-order valence-electron chi connectivity index (χ4n) is 4.38. The molecule has 1 aromatic heterocycles. The number of morpholine rings is 1. The maximum Gasteiger partial charge on any atom is 0.220 e. The third kappa shape index (κ3) is 6.76. The Labute approximate surface area is 196 Å². The van der Waals surface area contributed by atoms with E-state index in [1.54, 1.807) is 6.20 Å². The van der Waals surface area contributed by atoms with Crippen LogP contribution in [0.4, 0.5) is 0 Å². The van der Waals surface area contributed by atoms with Gasteiger partial charge in [-0.25, -0.2) is 4.98 Å². The molecule has 2 unspecified atom stereocenters. The van der Waals surface area contributed by atoms with Crippen molar-refractivity contribution in [2.75, 3.05) is 13.1 Å². The standard InChI is InChI=1S/C27H33N3O3/c1-20-17-30(18-21(2)32-20)19-24-12-7-6-11-23(24)15-28-26(31)13-8-14-27-29-16-25(33-27)22-9-4-3-5-10-22/h3-7,9-12,16,20-21H,8,13-15,17-19H2,1-2H3,(H,28,31). The third-order valence-electron chi connectivity index (χ3n) is 5.89. The Bertz CT molecular complexity index is 1020. The molecule has 1 amide bonds. The molecule has 0 aliphatic carbocycles. The number of rotatable bonds is 9. The summed E-state index contributed by atoms with van der Waals surface area (Å²) in [7, 11) is 0. The molecule has 2 heterocycles. The first kappa shape index (κ1) is 23.2. The van der Waals surface area contributed by atoms with E-state index >= 15 is 0 Å². The van der Waals surface area contributed by atoms with E-state index in [4.69, 9.17) is 9.15 Å². The summed E-state index contributed by atoms with van der Waals surface area (Å²) in [6.07, 6.45) is 4.03. The van der Waals surface area contributed by atoms with Gasteiger partial charge in [0.05, 0.1) is 18.4 Å². The van der Waals surface area contributed by atoms with E-state index in [9.17, 15) is 4.79 Å². The Hall–Kier alpha value is -2.96. The minimum absolute atomic E-state index is 0.0493. The number of amides is 1. The topological polar surface area (TPSA) is 67.6 Å². The van der Waals surface area contributed by atoms with Gasteiger partial charge >= 0.3 is 0 Å². The summed E-state index contributed by atoms with van der Waals surface area (Å²) in [6.45, 7) is 7.51. The molecule has 174 valence electrons. The number of nitrogens with zero attached hydrogens (tertiary/aromatic N) is 2. The van der Waals surface area contributed by atoms with E-state index < -0.39 is 0 Å². The van der Waals surface area contributed by atoms with Crippen molar-refractivity contribution in [1.82, 2.24) is 15.2 Å². The molecule has 33 heavy (non-hydrogen) atoms. The lowest BCUT2D eigenvalue weighted by atomic mass is 10.1. The number of nitrogens with one attached hydrogen (secondary N) is 1. The number of carbonyl (C=O) groups excluding carboxylic acids is 1. The zero-order valence-electron chi connectivity index (χ0n) is 19.5. The van der Waals surface area contributed by atoms with Gasteiger partial charge in [0, 0.05) is 44.6 Å². The van der Waals surface area contributed by atoms with Crippen molar-refractivity contribution >= 4 is 5.91 Å². The third-order valence-corrected chi connectivity index (χ3v) is 5.89. The molecule has 1 N–H and O–H groups in total. The molecule has 0 spiro atoms. The maximum atomic E-state index is 12.4.